The molecule has 0 unspecified atom stereocenters. The molecule has 3 aromatic rings. The molecule has 1 aliphatic rings. The van der Waals surface area contributed by atoms with E-state index in [-0.39, 0.29) is 17.2 Å². The van der Waals surface area contributed by atoms with Crippen molar-refractivity contribution in [3.8, 4) is 5.75 Å². The second-order valence-corrected chi connectivity index (χ2v) is 11.2. The normalized spacial score (nSPS) is 14.8. The van der Waals surface area contributed by atoms with Crippen LogP contribution >= 0.6 is 0 Å². The summed E-state index contributed by atoms with van der Waals surface area (Å²) in [4.78, 5) is 17.4. The van der Waals surface area contributed by atoms with Crippen molar-refractivity contribution in [2.45, 2.75) is 90.5 Å². The number of para-hydroxylation sites is 3. The summed E-state index contributed by atoms with van der Waals surface area (Å²) in [6.45, 7) is 9.03. The van der Waals surface area contributed by atoms with Gasteiger partial charge >= 0.3 is 0 Å². The minimum absolute atomic E-state index is 0.0666. The standard InChI is InChI=1S/C31H43N3O2/c1-31(2,3)25-16-7-10-19-28(25)36-23-12-11-22-34-27-18-9-8-17-26(27)33-29(34)20-13-21-32-30(35)24-14-5-4-6-15-24/h7-10,16-19,24H,4-6,11-15,20-23H2,1-3H3,(H,32,35). The first-order chi connectivity index (χ1) is 17.4. The maximum atomic E-state index is 12.5. The number of benzene rings is 2. The Morgan fingerprint density at radius 3 is 2.56 bits per heavy atom. The van der Waals surface area contributed by atoms with Gasteiger partial charge in [0, 0.05) is 25.4 Å². The minimum atomic E-state index is 0.0666. The highest BCUT2D eigenvalue weighted by Gasteiger charge is 2.21. The van der Waals surface area contributed by atoms with E-state index >= 15 is 0 Å². The Balaban J connectivity index is 1.28. The summed E-state index contributed by atoms with van der Waals surface area (Å²) in [5.74, 6) is 2.58. The number of nitrogens with zero attached hydrogens (tertiary/aromatic N) is 2. The van der Waals surface area contributed by atoms with Gasteiger partial charge in [-0.2, -0.15) is 0 Å². The Kier molecular flexibility index (Phi) is 9.06. The zero-order chi connectivity index (χ0) is 25.4. The number of amides is 1. The van der Waals surface area contributed by atoms with Crippen LogP contribution < -0.4 is 10.1 Å². The van der Waals surface area contributed by atoms with E-state index in [2.05, 4.69) is 67.1 Å². The predicted molar refractivity (Wildman–Crippen MR) is 148 cm³/mol. The van der Waals surface area contributed by atoms with E-state index in [1.165, 1.54) is 30.3 Å². The molecule has 36 heavy (non-hydrogen) atoms. The summed E-state index contributed by atoms with van der Waals surface area (Å²) in [6.07, 6.45) is 9.55. The summed E-state index contributed by atoms with van der Waals surface area (Å²) in [5.41, 5.74) is 3.56. The molecule has 0 bridgehead atoms. The Morgan fingerprint density at radius 2 is 1.75 bits per heavy atom. The molecule has 1 aromatic heterocycles. The molecule has 1 N–H and O–H groups in total. The van der Waals surface area contributed by atoms with Gasteiger partial charge in [0.25, 0.3) is 0 Å². The first kappa shape index (κ1) is 26.2. The lowest BCUT2D eigenvalue weighted by atomic mass is 9.86. The molecule has 1 saturated carbocycles. The number of hydrogen-bond donors (Lipinski definition) is 1. The third kappa shape index (κ3) is 6.89. The zero-order valence-electron chi connectivity index (χ0n) is 22.4. The van der Waals surface area contributed by atoms with Crippen molar-refractivity contribution in [1.29, 1.82) is 0 Å². The summed E-state index contributed by atoms with van der Waals surface area (Å²) < 4.78 is 8.55. The van der Waals surface area contributed by atoms with Crippen molar-refractivity contribution in [3.63, 3.8) is 0 Å². The third-order valence-corrected chi connectivity index (χ3v) is 7.31. The molecule has 0 saturated heterocycles. The van der Waals surface area contributed by atoms with E-state index < -0.39 is 0 Å². The molecule has 0 atom stereocenters. The van der Waals surface area contributed by atoms with Gasteiger partial charge in [0.1, 0.15) is 11.6 Å². The number of fused-ring (bicyclic) bond motifs is 1. The van der Waals surface area contributed by atoms with Crippen LogP contribution in [0.3, 0.4) is 0 Å². The van der Waals surface area contributed by atoms with Crippen molar-refractivity contribution in [2.24, 2.45) is 5.92 Å². The van der Waals surface area contributed by atoms with E-state index in [9.17, 15) is 4.79 Å². The second kappa shape index (κ2) is 12.4. The second-order valence-electron chi connectivity index (χ2n) is 11.2. The molecule has 2 aromatic carbocycles. The molecular weight excluding hydrogens is 446 g/mol. The molecule has 5 nitrogen and oxygen atoms in total. The van der Waals surface area contributed by atoms with Gasteiger partial charge in [0.2, 0.25) is 5.91 Å². The number of ether oxygens (including phenoxy) is 1. The fourth-order valence-corrected chi connectivity index (χ4v) is 5.30. The lowest BCUT2D eigenvalue weighted by Crippen LogP contribution is -2.32. The molecule has 1 amide bonds. The lowest BCUT2D eigenvalue weighted by molar-refractivity contribution is -0.125. The predicted octanol–water partition coefficient (Wildman–Crippen LogP) is 6.82. The molecule has 1 aliphatic carbocycles. The van der Waals surface area contributed by atoms with Crippen LogP contribution in [-0.2, 0) is 23.2 Å². The molecule has 0 aliphatic heterocycles. The van der Waals surface area contributed by atoms with Crippen molar-refractivity contribution >= 4 is 16.9 Å². The van der Waals surface area contributed by atoms with E-state index in [1.807, 2.05) is 12.1 Å². The van der Waals surface area contributed by atoms with Gasteiger partial charge in [-0.05, 0) is 61.3 Å². The summed E-state index contributed by atoms with van der Waals surface area (Å²) in [6, 6.07) is 16.8. The van der Waals surface area contributed by atoms with Crippen LogP contribution in [0.25, 0.3) is 11.0 Å². The van der Waals surface area contributed by atoms with Gasteiger partial charge < -0.3 is 14.6 Å². The van der Waals surface area contributed by atoms with E-state index in [0.717, 1.165) is 68.7 Å². The number of nitrogens with one attached hydrogen (secondary N) is 1. The van der Waals surface area contributed by atoms with Gasteiger partial charge in [-0.15, -0.1) is 0 Å². The van der Waals surface area contributed by atoms with Crippen molar-refractivity contribution in [2.75, 3.05) is 13.2 Å². The average Bonchev–Trinajstić information content (AvgIpc) is 3.24. The number of aryl methyl sites for hydroxylation is 2. The number of carbonyl (C=O) groups is 1. The molecule has 194 valence electrons. The zero-order valence-corrected chi connectivity index (χ0v) is 22.4. The quantitative estimate of drug-likeness (QED) is 0.301. The van der Waals surface area contributed by atoms with Crippen LogP contribution in [0.4, 0.5) is 0 Å². The average molecular weight is 490 g/mol. The van der Waals surface area contributed by atoms with Gasteiger partial charge in [0.15, 0.2) is 0 Å². The first-order valence-electron chi connectivity index (χ1n) is 13.9. The van der Waals surface area contributed by atoms with Crippen molar-refractivity contribution in [1.82, 2.24) is 14.9 Å². The number of rotatable bonds is 11. The molecule has 5 heteroatoms. The van der Waals surface area contributed by atoms with Crippen LogP contribution in [0.2, 0.25) is 0 Å². The maximum absolute atomic E-state index is 12.5. The summed E-state index contributed by atoms with van der Waals surface area (Å²) in [7, 11) is 0. The molecule has 0 spiro atoms. The van der Waals surface area contributed by atoms with E-state index in [0.29, 0.717) is 6.61 Å². The fourth-order valence-electron chi connectivity index (χ4n) is 5.30. The van der Waals surface area contributed by atoms with Crippen LogP contribution in [-0.4, -0.2) is 28.6 Å². The molecular formula is C31H43N3O2. The summed E-state index contributed by atoms with van der Waals surface area (Å²) in [5, 5.41) is 3.17. The van der Waals surface area contributed by atoms with Gasteiger partial charge in [-0.3, -0.25) is 4.79 Å². The number of carbonyl (C=O) groups excluding carboxylic acids is 1. The van der Waals surface area contributed by atoms with Crippen LogP contribution in [0.1, 0.15) is 83.5 Å². The largest absolute Gasteiger partial charge is 0.493 e. The SMILES string of the molecule is CC(C)(C)c1ccccc1OCCCCn1c(CCCNC(=O)C2CCCCC2)nc2ccccc21. The lowest BCUT2D eigenvalue weighted by Gasteiger charge is -2.22. The minimum Gasteiger partial charge on any atom is -0.493 e. The Hall–Kier alpha value is -2.82. The van der Waals surface area contributed by atoms with E-state index in [1.54, 1.807) is 0 Å². The van der Waals surface area contributed by atoms with E-state index in [4.69, 9.17) is 9.72 Å². The van der Waals surface area contributed by atoms with Crippen LogP contribution in [0, 0.1) is 5.92 Å². The van der Waals surface area contributed by atoms with Crippen molar-refractivity contribution in [3.05, 3.63) is 59.9 Å². The van der Waals surface area contributed by atoms with Crippen molar-refractivity contribution < 1.29 is 9.53 Å². The maximum Gasteiger partial charge on any atom is 0.223 e. The van der Waals surface area contributed by atoms with Gasteiger partial charge in [0.05, 0.1) is 17.6 Å². The smallest absolute Gasteiger partial charge is 0.223 e. The summed E-state index contributed by atoms with van der Waals surface area (Å²) >= 11 is 0. The number of imidazole rings is 1. The number of aromatic nitrogens is 2. The Bertz CT molecular complexity index is 1120. The van der Waals surface area contributed by atoms with Crippen LogP contribution in [0.15, 0.2) is 48.5 Å². The highest BCUT2D eigenvalue weighted by Crippen LogP contribution is 2.31. The first-order valence-corrected chi connectivity index (χ1v) is 13.9. The molecule has 0 radical (unpaired) electrons. The van der Waals surface area contributed by atoms with Crippen LogP contribution in [0.5, 0.6) is 5.75 Å². The number of unbranched alkanes of at least 4 members (excludes halogenated alkanes) is 1. The highest BCUT2D eigenvalue weighted by molar-refractivity contribution is 5.78. The monoisotopic (exact) mass is 489 g/mol. The third-order valence-electron chi connectivity index (χ3n) is 7.31. The molecule has 1 fully saturated rings. The number of hydrogen-bond acceptors (Lipinski definition) is 3. The topological polar surface area (TPSA) is 56.1 Å². The highest BCUT2D eigenvalue weighted by atomic mass is 16.5. The fraction of sp³-hybridized carbons (Fsp3) is 0.548. The molecule has 1 heterocycles. The van der Waals surface area contributed by atoms with Gasteiger partial charge in [-0.25, -0.2) is 4.98 Å². The molecule has 4 rings (SSSR count). The Labute approximate surface area is 216 Å². The Morgan fingerprint density at radius 1 is 1.00 bits per heavy atom. The van der Waals surface area contributed by atoms with Gasteiger partial charge in [-0.1, -0.05) is 70.4 Å².